The molecular weight excluding hydrogens is 150 g/mol. The number of hydrogen-bond donors (Lipinski definition) is 1. The summed E-state index contributed by atoms with van der Waals surface area (Å²) in [5.74, 6) is 0. The van der Waals surface area contributed by atoms with E-state index in [1.165, 1.54) is 5.56 Å². The van der Waals surface area contributed by atoms with Crippen molar-refractivity contribution in [1.29, 1.82) is 0 Å². The van der Waals surface area contributed by atoms with Crippen LogP contribution in [0, 0.1) is 0 Å². The first kappa shape index (κ1) is 9.23. The highest BCUT2D eigenvalue weighted by atomic mass is 16.5. The van der Waals surface area contributed by atoms with Gasteiger partial charge in [-0.1, -0.05) is 30.3 Å². The second-order valence-corrected chi connectivity index (χ2v) is 2.84. The zero-order valence-corrected chi connectivity index (χ0v) is 7.36. The van der Waals surface area contributed by atoms with Gasteiger partial charge in [0.2, 0.25) is 0 Å². The van der Waals surface area contributed by atoms with Crippen LogP contribution in [-0.4, -0.2) is 12.6 Å². The van der Waals surface area contributed by atoms with Gasteiger partial charge in [-0.15, -0.1) is 0 Å². The largest absolute Gasteiger partial charge is 0.373 e. The van der Waals surface area contributed by atoms with Crippen LogP contribution in [0.2, 0.25) is 0 Å². The van der Waals surface area contributed by atoms with E-state index in [1.54, 1.807) is 0 Å². The molecule has 0 heterocycles. The van der Waals surface area contributed by atoms with Crippen molar-refractivity contribution < 1.29 is 4.74 Å². The Morgan fingerprint density at radius 3 is 2.58 bits per heavy atom. The minimum Gasteiger partial charge on any atom is -0.373 e. The number of nitrogens with two attached hydrogens (primary N) is 1. The lowest BCUT2D eigenvalue weighted by Crippen LogP contribution is -2.19. The van der Waals surface area contributed by atoms with Crippen LogP contribution in [0.4, 0.5) is 0 Å². The third-order valence-electron chi connectivity index (χ3n) is 1.71. The van der Waals surface area contributed by atoms with Gasteiger partial charge in [-0.25, -0.2) is 0 Å². The number of hydrogen-bond acceptors (Lipinski definition) is 2. The van der Waals surface area contributed by atoms with Gasteiger partial charge in [0.1, 0.15) is 0 Å². The Balaban J connectivity index is 2.33. The maximum absolute atomic E-state index is 5.45. The second kappa shape index (κ2) is 4.91. The van der Waals surface area contributed by atoms with Gasteiger partial charge in [-0.05, 0) is 12.5 Å². The highest BCUT2D eigenvalue weighted by Crippen LogP contribution is 2.02. The normalized spacial score (nSPS) is 12.8. The van der Waals surface area contributed by atoms with Gasteiger partial charge < -0.3 is 10.5 Å². The molecule has 1 atom stereocenters. The number of benzene rings is 1. The topological polar surface area (TPSA) is 35.2 Å². The molecule has 0 spiro atoms. The Morgan fingerprint density at radius 1 is 1.33 bits per heavy atom. The van der Waals surface area contributed by atoms with Gasteiger partial charge in [0.15, 0.2) is 0 Å². The van der Waals surface area contributed by atoms with Crippen LogP contribution < -0.4 is 5.73 Å². The van der Waals surface area contributed by atoms with Crippen molar-refractivity contribution in [3.63, 3.8) is 0 Å². The van der Waals surface area contributed by atoms with E-state index in [-0.39, 0.29) is 6.10 Å². The molecule has 0 radical (unpaired) electrons. The van der Waals surface area contributed by atoms with Crippen molar-refractivity contribution in [2.45, 2.75) is 19.6 Å². The molecule has 0 aliphatic rings. The lowest BCUT2D eigenvalue weighted by atomic mass is 10.2. The van der Waals surface area contributed by atoms with E-state index < -0.39 is 0 Å². The van der Waals surface area contributed by atoms with Crippen molar-refractivity contribution in [1.82, 2.24) is 0 Å². The SMILES string of the molecule is C[C@H](CN)OCc1ccccc1. The second-order valence-electron chi connectivity index (χ2n) is 2.84. The van der Waals surface area contributed by atoms with Gasteiger partial charge in [0, 0.05) is 6.54 Å². The molecule has 0 aliphatic carbocycles. The molecule has 0 fully saturated rings. The molecule has 12 heavy (non-hydrogen) atoms. The minimum atomic E-state index is 0.144. The van der Waals surface area contributed by atoms with Gasteiger partial charge >= 0.3 is 0 Å². The fourth-order valence-electron chi connectivity index (χ4n) is 0.881. The third-order valence-corrected chi connectivity index (χ3v) is 1.71. The minimum absolute atomic E-state index is 0.144. The van der Waals surface area contributed by atoms with Crippen molar-refractivity contribution in [2.75, 3.05) is 6.54 Å². The lowest BCUT2D eigenvalue weighted by molar-refractivity contribution is 0.0590. The van der Waals surface area contributed by atoms with Crippen LogP contribution in [0.5, 0.6) is 0 Å². The number of ether oxygens (including phenoxy) is 1. The summed E-state index contributed by atoms with van der Waals surface area (Å²) in [6.45, 7) is 3.20. The van der Waals surface area contributed by atoms with Crippen LogP contribution in [0.25, 0.3) is 0 Å². The number of rotatable bonds is 4. The van der Waals surface area contributed by atoms with E-state index in [1.807, 2.05) is 37.3 Å². The summed E-state index contributed by atoms with van der Waals surface area (Å²) in [6.07, 6.45) is 0.144. The average Bonchev–Trinajstić information content (AvgIpc) is 2.16. The van der Waals surface area contributed by atoms with Crippen LogP contribution in [0.1, 0.15) is 12.5 Å². The van der Waals surface area contributed by atoms with Crippen LogP contribution >= 0.6 is 0 Å². The summed E-state index contributed by atoms with van der Waals surface area (Å²) in [6, 6.07) is 10.1. The van der Waals surface area contributed by atoms with E-state index in [2.05, 4.69) is 0 Å². The van der Waals surface area contributed by atoms with Gasteiger partial charge in [0.25, 0.3) is 0 Å². The molecular formula is C10H15NO. The average molecular weight is 165 g/mol. The standard InChI is InChI=1S/C10H15NO/c1-9(7-11)12-8-10-5-3-2-4-6-10/h2-6,9H,7-8,11H2,1H3/t9-/m1/s1. The summed E-state index contributed by atoms with van der Waals surface area (Å²) < 4.78 is 5.45. The summed E-state index contributed by atoms with van der Waals surface area (Å²) in [5, 5.41) is 0. The van der Waals surface area contributed by atoms with E-state index >= 15 is 0 Å². The Morgan fingerprint density at radius 2 is 2.00 bits per heavy atom. The molecule has 0 unspecified atom stereocenters. The molecule has 2 nitrogen and oxygen atoms in total. The van der Waals surface area contributed by atoms with Crippen molar-refractivity contribution in [2.24, 2.45) is 5.73 Å². The predicted octanol–water partition coefficient (Wildman–Crippen LogP) is 1.55. The first-order valence-electron chi connectivity index (χ1n) is 4.18. The Kier molecular flexibility index (Phi) is 3.77. The van der Waals surface area contributed by atoms with Crippen molar-refractivity contribution >= 4 is 0 Å². The molecule has 1 rings (SSSR count). The molecule has 0 amide bonds. The fourth-order valence-corrected chi connectivity index (χ4v) is 0.881. The fraction of sp³-hybridized carbons (Fsp3) is 0.400. The quantitative estimate of drug-likeness (QED) is 0.734. The molecule has 2 heteroatoms. The lowest BCUT2D eigenvalue weighted by Gasteiger charge is -2.09. The van der Waals surface area contributed by atoms with Crippen LogP contribution in [0.15, 0.2) is 30.3 Å². The maximum Gasteiger partial charge on any atom is 0.0721 e. The Bertz CT molecular complexity index is 210. The molecule has 2 N–H and O–H groups in total. The molecule has 0 aromatic heterocycles. The molecule has 0 aliphatic heterocycles. The molecule has 1 aromatic carbocycles. The smallest absolute Gasteiger partial charge is 0.0721 e. The first-order valence-corrected chi connectivity index (χ1v) is 4.18. The van der Waals surface area contributed by atoms with Crippen molar-refractivity contribution in [3.05, 3.63) is 35.9 Å². The summed E-state index contributed by atoms with van der Waals surface area (Å²) >= 11 is 0. The highest BCUT2D eigenvalue weighted by molar-refractivity contribution is 5.13. The van der Waals surface area contributed by atoms with Crippen LogP contribution in [-0.2, 0) is 11.3 Å². The maximum atomic E-state index is 5.45. The molecule has 0 saturated heterocycles. The van der Waals surface area contributed by atoms with E-state index in [4.69, 9.17) is 10.5 Å². The van der Waals surface area contributed by atoms with Crippen molar-refractivity contribution in [3.8, 4) is 0 Å². The summed E-state index contributed by atoms with van der Waals surface area (Å²) in [7, 11) is 0. The van der Waals surface area contributed by atoms with E-state index in [0.717, 1.165) is 0 Å². The molecule has 0 bridgehead atoms. The third kappa shape index (κ3) is 3.03. The van der Waals surface area contributed by atoms with Gasteiger partial charge in [-0.3, -0.25) is 0 Å². The zero-order chi connectivity index (χ0) is 8.81. The Hall–Kier alpha value is -0.860. The molecule has 0 saturated carbocycles. The zero-order valence-electron chi connectivity index (χ0n) is 7.36. The van der Waals surface area contributed by atoms with E-state index in [0.29, 0.717) is 13.2 Å². The summed E-state index contributed by atoms with van der Waals surface area (Å²) in [4.78, 5) is 0. The van der Waals surface area contributed by atoms with Gasteiger partial charge in [-0.2, -0.15) is 0 Å². The van der Waals surface area contributed by atoms with Crippen LogP contribution in [0.3, 0.4) is 0 Å². The highest BCUT2D eigenvalue weighted by Gasteiger charge is 1.97. The Labute approximate surface area is 73.3 Å². The van der Waals surface area contributed by atoms with E-state index in [9.17, 15) is 0 Å². The molecule has 1 aromatic rings. The van der Waals surface area contributed by atoms with Gasteiger partial charge in [0.05, 0.1) is 12.7 Å². The summed E-state index contributed by atoms with van der Waals surface area (Å²) in [5.41, 5.74) is 6.60. The monoisotopic (exact) mass is 165 g/mol. The predicted molar refractivity (Wildman–Crippen MR) is 49.7 cm³/mol. The molecule has 66 valence electrons. The first-order chi connectivity index (χ1) is 5.83.